The second-order valence-electron chi connectivity index (χ2n) is 6.69. The molecule has 0 atom stereocenters. The SMILES string of the molecule is N#CCCn1c(SCC(=O)Nc2ccccc2-c2ccccc2)nc2ccccc21. The Labute approximate surface area is 179 Å². The fraction of sp³-hybridized carbons (Fsp3) is 0.125. The van der Waals surface area contributed by atoms with Crippen molar-refractivity contribution in [2.75, 3.05) is 11.1 Å². The maximum atomic E-state index is 12.7. The molecule has 0 aliphatic carbocycles. The first-order chi connectivity index (χ1) is 14.8. The molecule has 0 radical (unpaired) electrons. The van der Waals surface area contributed by atoms with E-state index in [0.29, 0.717) is 13.0 Å². The van der Waals surface area contributed by atoms with Crippen LogP contribution in [0.3, 0.4) is 0 Å². The predicted octanol–water partition coefficient (Wildman–Crippen LogP) is 5.35. The number of aryl methyl sites for hydroxylation is 1. The van der Waals surface area contributed by atoms with Crippen LogP contribution in [0.2, 0.25) is 0 Å². The summed E-state index contributed by atoms with van der Waals surface area (Å²) in [4.78, 5) is 17.3. The number of carbonyl (C=O) groups excluding carboxylic acids is 1. The number of imidazole rings is 1. The smallest absolute Gasteiger partial charge is 0.234 e. The van der Waals surface area contributed by atoms with Gasteiger partial charge in [0.1, 0.15) is 0 Å². The molecule has 5 nitrogen and oxygen atoms in total. The van der Waals surface area contributed by atoms with Crippen LogP contribution >= 0.6 is 11.8 Å². The Morgan fingerprint density at radius 2 is 1.73 bits per heavy atom. The summed E-state index contributed by atoms with van der Waals surface area (Å²) in [7, 11) is 0. The zero-order valence-corrected chi connectivity index (χ0v) is 17.1. The summed E-state index contributed by atoms with van der Waals surface area (Å²) in [5, 5.41) is 12.8. The minimum Gasteiger partial charge on any atom is -0.325 e. The Hall–Kier alpha value is -3.56. The van der Waals surface area contributed by atoms with Gasteiger partial charge in [-0.05, 0) is 23.8 Å². The van der Waals surface area contributed by atoms with Crippen molar-refractivity contribution in [2.45, 2.75) is 18.1 Å². The van der Waals surface area contributed by atoms with Gasteiger partial charge < -0.3 is 9.88 Å². The number of hydrogen-bond donors (Lipinski definition) is 1. The van der Waals surface area contributed by atoms with E-state index < -0.39 is 0 Å². The molecule has 0 fully saturated rings. The summed E-state index contributed by atoms with van der Waals surface area (Å²) in [5.41, 5.74) is 4.67. The van der Waals surface area contributed by atoms with Crippen LogP contribution in [0, 0.1) is 11.3 Å². The number of benzene rings is 3. The van der Waals surface area contributed by atoms with E-state index >= 15 is 0 Å². The van der Waals surface area contributed by atoms with Crippen LogP contribution < -0.4 is 5.32 Å². The summed E-state index contributed by atoms with van der Waals surface area (Å²) in [6.07, 6.45) is 0.393. The fourth-order valence-corrected chi connectivity index (χ4v) is 4.16. The average molecular weight is 413 g/mol. The quantitative estimate of drug-likeness (QED) is 0.416. The Bertz CT molecular complexity index is 1210. The minimum atomic E-state index is -0.0951. The molecule has 0 aliphatic rings. The number of nitriles is 1. The Balaban J connectivity index is 1.50. The van der Waals surface area contributed by atoms with Crippen LogP contribution in [0.15, 0.2) is 84.0 Å². The first-order valence-electron chi connectivity index (χ1n) is 9.65. The highest BCUT2D eigenvalue weighted by atomic mass is 32.2. The zero-order valence-electron chi connectivity index (χ0n) is 16.3. The van der Waals surface area contributed by atoms with Gasteiger partial charge >= 0.3 is 0 Å². The molecule has 4 rings (SSSR count). The lowest BCUT2D eigenvalue weighted by Crippen LogP contribution is -2.15. The molecule has 148 valence electrons. The van der Waals surface area contributed by atoms with Crippen LogP contribution in [0.1, 0.15) is 6.42 Å². The van der Waals surface area contributed by atoms with Gasteiger partial charge in [0.05, 0.1) is 29.3 Å². The predicted molar refractivity (Wildman–Crippen MR) is 121 cm³/mol. The Morgan fingerprint density at radius 3 is 2.57 bits per heavy atom. The molecular formula is C24H20N4OS. The fourth-order valence-electron chi connectivity index (χ4n) is 3.32. The highest BCUT2D eigenvalue weighted by Gasteiger charge is 2.14. The molecule has 0 aliphatic heterocycles. The van der Waals surface area contributed by atoms with Gasteiger partial charge in [-0.3, -0.25) is 4.79 Å². The molecule has 30 heavy (non-hydrogen) atoms. The highest BCUT2D eigenvalue weighted by Crippen LogP contribution is 2.28. The van der Waals surface area contributed by atoms with E-state index in [1.807, 2.05) is 83.4 Å². The van der Waals surface area contributed by atoms with Gasteiger partial charge in [0, 0.05) is 17.8 Å². The van der Waals surface area contributed by atoms with Crippen molar-refractivity contribution in [1.29, 1.82) is 5.26 Å². The molecule has 3 aromatic carbocycles. The number of rotatable bonds is 7. The van der Waals surface area contributed by atoms with Gasteiger partial charge in [-0.2, -0.15) is 5.26 Å². The van der Waals surface area contributed by atoms with Crippen molar-refractivity contribution in [3.05, 3.63) is 78.9 Å². The second kappa shape index (κ2) is 9.29. The number of fused-ring (bicyclic) bond motifs is 1. The summed E-state index contributed by atoms with van der Waals surface area (Å²) < 4.78 is 2.01. The van der Waals surface area contributed by atoms with Gasteiger partial charge in [0.25, 0.3) is 0 Å². The topological polar surface area (TPSA) is 70.7 Å². The molecule has 6 heteroatoms. The Kier molecular flexibility index (Phi) is 6.11. The van der Waals surface area contributed by atoms with Crippen LogP contribution in [0.25, 0.3) is 22.2 Å². The van der Waals surface area contributed by atoms with Crippen LogP contribution in [0.4, 0.5) is 5.69 Å². The van der Waals surface area contributed by atoms with Gasteiger partial charge in [-0.1, -0.05) is 72.4 Å². The van der Waals surface area contributed by atoms with Crippen molar-refractivity contribution in [1.82, 2.24) is 9.55 Å². The normalized spacial score (nSPS) is 10.6. The molecule has 0 spiro atoms. The van der Waals surface area contributed by atoms with E-state index in [-0.39, 0.29) is 11.7 Å². The van der Waals surface area contributed by atoms with Gasteiger partial charge in [0.2, 0.25) is 5.91 Å². The van der Waals surface area contributed by atoms with Gasteiger partial charge in [-0.25, -0.2) is 4.98 Å². The number of anilines is 1. The molecule has 1 amide bonds. The molecule has 0 saturated carbocycles. The van der Waals surface area contributed by atoms with Crippen molar-refractivity contribution < 1.29 is 4.79 Å². The average Bonchev–Trinajstić information content (AvgIpc) is 3.14. The third-order valence-corrected chi connectivity index (χ3v) is 5.66. The van der Waals surface area contributed by atoms with Crippen molar-refractivity contribution in [3.63, 3.8) is 0 Å². The number of amides is 1. The maximum Gasteiger partial charge on any atom is 0.234 e. The van der Waals surface area contributed by atoms with E-state index in [2.05, 4.69) is 16.4 Å². The molecule has 0 bridgehead atoms. The lowest BCUT2D eigenvalue weighted by molar-refractivity contribution is -0.113. The number of nitrogens with zero attached hydrogens (tertiary/aromatic N) is 3. The van der Waals surface area contributed by atoms with Crippen molar-refractivity contribution >= 4 is 34.4 Å². The number of hydrogen-bond acceptors (Lipinski definition) is 4. The second-order valence-corrected chi connectivity index (χ2v) is 7.63. The van der Waals surface area contributed by atoms with Crippen molar-refractivity contribution in [2.24, 2.45) is 0 Å². The lowest BCUT2D eigenvalue weighted by Gasteiger charge is -2.11. The van der Waals surface area contributed by atoms with Gasteiger partial charge in [0.15, 0.2) is 5.16 Å². The third kappa shape index (κ3) is 4.37. The van der Waals surface area contributed by atoms with E-state index in [9.17, 15) is 4.79 Å². The van der Waals surface area contributed by atoms with Crippen LogP contribution in [-0.2, 0) is 11.3 Å². The van der Waals surface area contributed by atoms with Crippen LogP contribution in [0.5, 0.6) is 0 Å². The van der Waals surface area contributed by atoms with E-state index in [4.69, 9.17) is 5.26 Å². The number of thioether (sulfide) groups is 1. The third-order valence-electron chi connectivity index (χ3n) is 4.69. The molecular weight excluding hydrogens is 392 g/mol. The summed E-state index contributed by atoms with van der Waals surface area (Å²) in [5.74, 6) is 0.140. The first kappa shape index (κ1) is 19.7. The lowest BCUT2D eigenvalue weighted by atomic mass is 10.0. The molecule has 4 aromatic rings. The van der Waals surface area contributed by atoms with E-state index in [1.54, 1.807) is 0 Å². The first-order valence-corrected chi connectivity index (χ1v) is 10.6. The maximum absolute atomic E-state index is 12.7. The summed E-state index contributed by atoms with van der Waals surface area (Å²) in [6, 6.07) is 27.8. The van der Waals surface area contributed by atoms with Gasteiger partial charge in [-0.15, -0.1) is 0 Å². The number of carbonyl (C=O) groups is 1. The largest absolute Gasteiger partial charge is 0.325 e. The van der Waals surface area contributed by atoms with E-state index in [1.165, 1.54) is 11.8 Å². The molecule has 0 saturated heterocycles. The van der Waals surface area contributed by atoms with E-state index in [0.717, 1.165) is 33.0 Å². The van der Waals surface area contributed by atoms with Crippen LogP contribution in [-0.4, -0.2) is 21.2 Å². The standard InChI is InChI=1S/C24H20N4OS/c25-15-8-16-28-22-14-7-6-13-21(22)27-24(28)30-17-23(29)26-20-12-5-4-11-19(20)18-9-2-1-3-10-18/h1-7,9-14H,8,16-17H2,(H,26,29). The zero-order chi connectivity index (χ0) is 20.8. The monoisotopic (exact) mass is 412 g/mol. The Morgan fingerprint density at radius 1 is 1.00 bits per heavy atom. The number of para-hydroxylation sites is 3. The number of nitrogens with one attached hydrogen (secondary N) is 1. The number of aromatic nitrogens is 2. The highest BCUT2D eigenvalue weighted by molar-refractivity contribution is 7.99. The molecule has 1 heterocycles. The minimum absolute atomic E-state index is 0.0951. The molecule has 1 N–H and O–H groups in total. The molecule has 0 unspecified atom stereocenters. The summed E-state index contributed by atoms with van der Waals surface area (Å²) >= 11 is 1.38. The summed E-state index contributed by atoms with van der Waals surface area (Å²) in [6.45, 7) is 0.553. The van der Waals surface area contributed by atoms with Crippen molar-refractivity contribution in [3.8, 4) is 17.2 Å². The molecule has 1 aromatic heterocycles.